The summed E-state index contributed by atoms with van der Waals surface area (Å²) in [5, 5.41) is 8.03. The lowest BCUT2D eigenvalue weighted by Gasteiger charge is -2.22. The number of ether oxygens (including phenoxy) is 1. The largest absolute Gasteiger partial charge is 0.447 e. The number of rotatable bonds is 4. The summed E-state index contributed by atoms with van der Waals surface area (Å²) in [6, 6.07) is 2.96. The molecule has 7 heteroatoms. The van der Waals surface area contributed by atoms with Gasteiger partial charge in [-0.15, -0.1) is 0 Å². The molecule has 96 valence electrons. The molecule has 1 unspecified atom stereocenters. The Morgan fingerprint density at radius 1 is 1.53 bits per heavy atom. The molecule has 0 saturated carbocycles. The molecule has 0 amide bonds. The number of hydrogen-bond donors (Lipinski definition) is 2. The van der Waals surface area contributed by atoms with Crippen molar-refractivity contribution in [3.8, 4) is 0 Å². The zero-order valence-electron chi connectivity index (χ0n) is 9.60. The zero-order chi connectivity index (χ0) is 12.5. The van der Waals surface area contributed by atoms with E-state index < -0.39 is 10.0 Å². The van der Waals surface area contributed by atoms with Crippen LogP contribution in [0, 0.1) is 0 Å². The average molecular weight is 260 g/mol. The van der Waals surface area contributed by atoms with Crippen LogP contribution < -0.4 is 10.5 Å². The molecule has 0 radical (unpaired) electrons. The monoisotopic (exact) mass is 260 g/mol. The lowest BCUT2D eigenvalue weighted by molar-refractivity contribution is 0.170. The minimum Gasteiger partial charge on any atom is -0.447 e. The van der Waals surface area contributed by atoms with E-state index in [9.17, 15) is 8.42 Å². The summed E-state index contributed by atoms with van der Waals surface area (Å²) in [6.45, 7) is 3.90. The SMILES string of the molecule is CC1(NCc2ccc(S(N)(=O)=O)o2)CCOC1. The van der Waals surface area contributed by atoms with Crippen LogP contribution in [0.5, 0.6) is 0 Å². The molecule has 2 heterocycles. The van der Waals surface area contributed by atoms with Gasteiger partial charge in [0.1, 0.15) is 5.76 Å². The van der Waals surface area contributed by atoms with Crippen LogP contribution in [0.15, 0.2) is 21.6 Å². The van der Waals surface area contributed by atoms with Crippen LogP contribution in [-0.4, -0.2) is 27.2 Å². The van der Waals surface area contributed by atoms with E-state index in [1.165, 1.54) is 6.07 Å². The summed E-state index contributed by atoms with van der Waals surface area (Å²) in [4.78, 5) is 0. The third kappa shape index (κ3) is 3.06. The molecule has 3 N–H and O–H groups in total. The molecule has 0 aliphatic carbocycles. The highest BCUT2D eigenvalue weighted by Gasteiger charge is 2.29. The van der Waals surface area contributed by atoms with E-state index in [-0.39, 0.29) is 10.6 Å². The van der Waals surface area contributed by atoms with Crippen LogP contribution in [0.4, 0.5) is 0 Å². The van der Waals surface area contributed by atoms with E-state index in [4.69, 9.17) is 14.3 Å². The molecule has 6 nitrogen and oxygen atoms in total. The van der Waals surface area contributed by atoms with Crippen molar-refractivity contribution in [3.63, 3.8) is 0 Å². The molecule has 1 atom stereocenters. The summed E-state index contributed by atoms with van der Waals surface area (Å²) in [6.07, 6.45) is 0.926. The van der Waals surface area contributed by atoms with Crippen LogP contribution in [0.2, 0.25) is 0 Å². The summed E-state index contributed by atoms with van der Waals surface area (Å²) < 4.78 is 32.5. The molecular formula is C10H16N2O4S. The van der Waals surface area contributed by atoms with Gasteiger partial charge >= 0.3 is 0 Å². The number of primary sulfonamides is 1. The lowest BCUT2D eigenvalue weighted by atomic mass is 10.0. The standard InChI is InChI=1S/C10H16N2O4S/c1-10(4-5-15-7-10)12-6-8-2-3-9(16-8)17(11,13)14/h2-3,12H,4-7H2,1H3,(H2,11,13,14). The van der Waals surface area contributed by atoms with Gasteiger partial charge in [0, 0.05) is 12.1 Å². The second kappa shape index (κ2) is 4.41. The maximum Gasteiger partial charge on any atom is 0.271 e. The first-order valence-electron chi connectivity index (χ1n) is 5.33. The van der Waals surface area contributed by atoms with Crippen molar-refractivity contribution in [3.05, 3.63) is 17.9 Å². The van der Waals surface area contributed by atoms with Gasteiger partial charge in [0.15, 0.2) is 0 Å². The van der Waals surface area contributed by atoms with Crippen LogP contribution in [-0.2, 0) is 21.3 Å². The first kappa shape index (κ1) is 12.6. The number of nitrogens with two attached hydrogens (primary N) is 1. The Bertz CT molecular complexity index is 488. The lowest BCUT2D eigenvalue weighted by Crippen LogP contribution is -2.42. The maximum absolute atomic E-state index is 11.0. The fourth-order valence-corrected chi connectivity index (χ4v) is 2.19. The van der Waals surface area contributed by atoms with Crippen molar-refractivity contribution >= 4 is 10.0 Å². The quantitative estimate of drug-likeness (QED) is 0.806. The molecular weight excluding hydrogens is 244 g/mol. The molecule has 0 aromatic carbocycles. The first-order valence-corrected chi connectivity index (χ1v) is 6.88. The molecule has 2 rings (SSSR count). The topological polar surface area (TPSA) is 94.6 Å². The van der Waals surface area contributed by atoms with E-state index in [1.807, 2.05) is 0 Å². The molecule has 17 heavy (non-hydrogen) atoms. The third-order valence-corrected chi connectivity index (χ3v) is 3.61. The molecule has 1 fully saturated rings. The molecule has 1 aliphatic heterocycles. The Balaban J connectivity index is 1.98. The number of hydrogen-bond acceptors (Lipinski definition) is 5. The Morgan fingerprint density at radius 2 is 2.29 bits per heavy atom. The average Bonchev–Trinajstić information content (AvgIpc) is 2.83. The van der Waals surface area contributed by atoms with Gasteiger partial charge in [-0.05, 0) is 25.5 Å². The van der Waals surface area contributed by atoms with Gasteiger partial charge in [0.2, 0.25) is 5.09 Å². The van der Waals surface area contributed by atoms with E-state index in [0.717, 1.165) is 13.0 Å². The Hall–Kier alpha value is -0.890. The van der Waals surface area contributed by atoms with Crippen molar-refractivity contribution in [2.24, 2.45) is 5.14 Å². The molecule has 0 spiro atoms. The van der Waals surface area contributed by atoms with Crippen molar-refractivity contribution in [1.29, 1.82) is 0 Å². The number of sulfonamides is 1. The maximum atomic E-state index is 11.0. The van der Waals surface area contributed by atoms with Crippen molar-refractivity contribution in [2.45, 2.75) is 30.5 Å². The highest BCUT2D eigenvalue weighted by atomic mass is 32.2. The van der Waals surface area contributed by atoms with Gasteiger partial charge in [-0.3, -0.25) is 0 Å². The van der Waals surface area contributed by atoms with Crippen molar-refractivity contribution in [1.82, 2.24) is 5.32 Å². The van der Waals surface area contributed by atoms with E-state index in [0.29, 0.717) is 18.9 Å². The highest BCUT2D eigenvalue weighted by molar-refractivity contribution is 7.89. The summed E-state index contributed by atoms with van der Waals surface area (Å²) in [5.74, 6) is 0.544. The minimum absolute atomic E-state index is 0.0749. The Labute approximate surface area is 100 Å². The van der Waals surface area contributed by atoms with Gasteiger partial charge in [0.25, 0.3) is 10.0 Å². The zero-order valence-corrected chi connectivity index (χ0v) is 10.4. The normalized spacial score (nSPS) is 25.3. The smallest absolute Gasteiger partial charge is 0.271 e. The molecule has 1 aliphatic rings. The first-order chi connectivity index (χ1) is 7.89. The molecule has 1 aromatic heterocycles. The highest BCUT2D eigenvalue weighted by Crippen LogP contribution is 2.19. The van der Waals surface area contributed by atoms with E-state index in [2.05, 4.69) is 12.2 Å². The Morgan fingerprint density at radius 3 is 2.82 bits per heavy atom. The Kier molecular flexibility index (Phi) is 3.26. The van der Waals surface area contributed by atoms with Crippen LogP contribution in [0.3, 0.4) is 0 Å². The van der Waals surface area contributed by atoms with Gasteiger partial charge in [0.05, 0.1) is 13.2 Å². The predicted octanol–water partition coefficient (Wildman–Crippen LogP) is 0.196. The minimum atomic E-state index is -3.75. The molecule has 1 aromatic rings. The van der Waals surface area contributed by atoms with Crippen molar-refractivity contribution in [2.75, 3.05) is 13.2 Å². The van der Waals surface area contributed by atoms with Gasteiger partial charge in [-0.25, -0.2) is 13.6 Å². The molecule has 1 saturated heterocycles. The third-order valence-electron chi connectivity index (χ3n) is 2.83. The predicted molar refractivity (Wildman–Crippen MR) is 60.8 cm³/mol. The summed E-state index contributed by atoms with van der Waals surface area (Å²) in [5.41, 5.74) is -0.0749. The van der Waals surface area contributed by atoms with Gasteiger partial charge < -0.3 is 14.5 Å². The fraction of sp³-hybridized carbons (Fsp3) is 0.600. The van der Waals surface area contributed by atoms with E-state index in [1.54, 1.807) is 6.07 Å². The van der Waals surface area contributed by atoms with Crippen LogP contribution in [0.25, 0.3) is 0 Å². The summed E-state index contributed by atoms with van der Waals surface area (Å²) >= 11 is 0. The second-order valence-corrected chi connectivity index (χ2v) is 5.97. The van der Waals surface area contributed by atoms with Gasteiger partial charge in [-0.2, -0.15) is 0 Å². The number of furan rings is 1. The molecule has 0 bridgehead atoms. The van der Waals surface area contributed by atoms with E-state index >= 15 is 0 Å². The number of nitrogens with one attached hydrogen (secondary N) is 1. The van der Waals surface area contributed by atoms with Gasteiger partial charge in [-0.1, -0.05) is 0 Å². The van der Waals surface area contributed by atoms with Crippen molar-refractivity contribution < 1.29 is 17.6 Å². The van der Waals surface area contributed by atoms with Crippen LogP contribution >= 0.6 is 0 Å². The fourth-order valence-electron chi connectivity index (χ4n) is 1.71. The summed E-state index contributed by atoms with van der Waals surface area (Å²) in [7, 11) is -3.75. The second-order valence-electron chi connectivity index (χ2n) is 4.48. The van der Waals surface area contributed by atoms with Crippen LogP contribution in [0.1, 0.15) is 19.1 Å².